The zero-order chi connectivity index (χ0) is 13.4. The lowest BCUT2D eigenvalue weighted by molar-refractivity contribution is 0.0947. The Balaban J connectivity index is 2.27. The lowest BCUT2D eigenvalue weighted by atomic mass is 10.1. The largest absolute Gasteiger partial charge is 0.351 e. The summed E-state index contributed by atoms with van der Waals surface area (Å²) < 4.78 is 0. The van der Waals surface area contributed by atoms with Crippen LogP contribution in [0.15, 0.2) is 12.1 Å². The molecule has 0 spiro atoms. The van der Waals surface area contributed by atoms with Crippen LogP contribution in [0.1, 0.15) is 43.6 Å². The standard InChI is InChI=1S/C12H21N5O/c1-9(2)5-3-4-8-14-12(18)10-6-7-11(15-13)17-16-10/h6-7,9H,3-5,8,13H2,1-2H3,(H,14,18)(H,15,17). The Morgan fingerprint density at radius 1 is 1.33 bits per heavy atom. The third kappa shape index (κ3) is 5.09. The normalized spacial score (nSPS) is 10.4. The fourth-order valence-electron chi connectivity index (χ4n) is 1.50. The molecule has 1 aromatic heterocycles. The van der Waals surface area contributed by atoms with Gasteiger partial charge in [0.1, 0.15) is 0 Å². The van der Waals surface area contributed by atoms with Crippen molar-refractivity contribution in [1.82, 2.24) is 15.5 Å². The number of anilines is 1. The number of hydrogen-bond donors (Lipinski definition) is 3. The maximum absolute atomic E-state index is 11.7. The first kappa shape index (κ1) is 14.4. The topological polar surface area (TPSA) is 92.9 Å². The van der Waals surface area contributed by atoms with Gasteiger partial charge in [0, 0.05) is 6.54 Å². The molecular weight excluding hydrogens is 230 g/mol. The van der Waals surface area contributed by atoms with Crippen LogP contribution in [-0.2, 0) is 0 Å². The van der Waals surface area contributed by atoms with Crippen molar-refractivity contribution in [2.75, 3.05) is 12.0 Å². The second kappa shape index (κ2) is 7.60. The minimum atomic E-state index is -0.199. The van der Waals surface area contributed by atoms with Gasteiger partial charge in [-0.05, 0) is 24.5 Å². The zero-order valence-corrected chi connectivity index (χ0v) is 10.9. The average molecular weight is 251 g/mol. The summed E-state index contributed by atoms with van der Waals surface area (Å²) in [5, 5.41) is 10.3. The quantitative estimate of drug-likeness (QED) is 0.386. The van der Waals surface area contributed by atoms with E-state index in [1.807, 2.05) is 0 Å². The molecule has 6 heteroatoms. The average Bonchev–Trinajstić information content (AvgIpc) is 2.38. The van der Waals surface area contributed by atoms with Gasteiger partial charge >= 0.3 is 0 Å². The number of nitrogens with one attached hydrogen (secondary N) is 2. The number of aromatic nitrogens is 2. The van der Waals surface area contributed by atoms with E-state index in [0.29, 0.717) is 24.0 Å². The van der Waals surface area contributed by atoms with Crippen LogP contribution < -0.4 is 16.6 Å². The molecule has 0 saturated carbocycles. The molecule has 0 aliphatic carbocycles. The summed E-state index contributed by atoms with van der Waals surface area (Å²) >= 11 is 0. The molecule has 0 aliphatic heterocycles. The Morgan fingerprint density at radius 3 is 2.67 bits per heavy atom. The van der Waals surface area contributed by atoms with E-state index in [1.165, 1.54) is 6.42 Å². The van der Waals surface area contributed by atoms with E-state index < -0.39 is 0 Å². The van der Waals surface area contributed by atoms with E-state index >= 15 is 0 Å². The number of nitrogens with two attached hydrogens (primary N) is 1. The van der Waals surface area contributed by atoms with E-state index in [0.717, 1.165) is 12.8 Å². The number of carbonyl (C=O) groups excluding carboxylic acids is 1. The Labute approximate surface area is 107 Å². The molecule has 0 radical (unpaired) electrons. The Bertz CT molecular complexity index is 363. The van der Waals surface area contributed by atoms with Crippen molar-refractivity contribution in [3.63, 3.8) is 0 Å². The molecular formula is C12H21N5O. The van der Waals surface area contributed by atoms with E-state index in [1.54, 1.807) is 12.1 Å². The highest BCUT2D eigenvalue weighted by atomic mass is 16.1. The summed E-state index contributed by atoms with van der Waals surface area (Å²) in [4.78, 5) is 11.7. The summed E-state index contributed by atoms with van der Waals surface area (Å²) in [6, 6.07) is 3.20. The molecule has 0 atom stereocenters. The predicted molar refractivity (Wildman–Crippen MR) is 70.9 cm³/mol. The maximum Gasteiger partial charge on any atom is 0.271 e. The molecule has 18 heavy (non-hydrogen) atoms. The van der Waals surface area contributed by atoms with E-state index in [-0.39, 0.29) is 5.91 Å². The second-order valence-corrected chi connectivity index (χ2v) is 4.59. The summed E-state index contributed by atoms with van der Waals surface area (Å²) in [5.74, 6) is 6.11. The Hall–Kier alpha value is -1.69. The Morgan fingerprint density at radius 2 is 2.11 bits per heavy atom. The van der Waals surface area contributed by atoms with E-state index in [2.05, 4.69) is 34.8 Å². The van der Waals surface area contributed by atoms with Crippen molar-refractivity contribution in [2.45, 2.75) is 33.1 Å². The van der Waals surface area contributed by atoms with Gasteiger partial charge in [0.25, 0.3) is 5.91 Å². The third-order valence-electron chi connectivity index (χ3n) is 2.54. The van der Waals surface area contributed by atoms with Gasteiger partial charge in [-0.2, -0.15) is 0 Å². The van der Waals surface area contributed by atoms with Gasteiger partial charge in [0.15, 0.2) is 11.5 Å². The van der Waals surface area contributed by atoms with Crippen LogP contribution in [0.5, 0.6) is 0 Å². The molecule has 100 valence electrons. The smallest absolute Gasteiger partial charge is 0.271 e. The lowest BCUT2D eigenvalue weighted by Gasteiger charge is -2.06. The molecule has 0 fully saturated rings. The summed E-state index contributed by atoms with van der Waals surface area (Å²) in [6.45, 7) is 5.06. The highest BCUT2D eigenvalue weighted by Gasteiger charge is 2.06. The van der Waals surface area contributed by atoms with Crippen molar-refractivity contribution < 1.29 is 4.79 Å². The minimum absolute atomic E-state index is 0.199. The molecule has 6 nitrogen and oxygen atoms in total. The second-order valence-electron chi connectivity index (χ2n) is 4.59. The van der Waals surface area contributed by atoms with Crippen LogP contribution in [0, 0.1) is 5.92 Å². The fourth-order valence-corrected chi connectivity index (χ4v) is 1.50. The number of rotatable bonds is 7. The van der Waals surface area contributed by atoms with Gasteiger partial charge in [-0.3, -0.25) is 4.79 Å². The molecule has 0 aromatic carbocycles. The first-order chi connectivity index (χ1) is 8.63. The van der Waals surface area contributed by atoms with E-state index in [4.69, 9.17) is 5.84 Å². The maximum atomic E-state index is 11.7. The van der Waals surface area contributed by atoms with Crippen LogP contribution >= 0.6 is 0 Å². The number of nitrogen functional groups attached to an aromatic ring is 1. The van der Waals surface area contributed by atoms with Gasteiger partial charge in [-0.25, -0.2) is 5.84 Å². The monoisotopic (exact) mass is 251 g/mol. The number of amides is 1. The molecule has 4 N–H and O–H groups in total. The van der Waals surface area contributed by atoms with Crippen LogP contribution in [0.25, 0.3) is 0 Å². The number of nitrogens with zero attached hydrogens (tertiary/aromatic N) is 2. The van der Waals surface area contributed by atoms with E-state index in [9.17, 15) is 4.79 Å². The highest BCUT2D eigenvalue weighted by molar-refractivity contribution is 5.92. The van der Waals surface area contributed by atoms with Gasteiger partial charge in [0.2, 0.25) is 0 Å². The van der Waals surface area contributed by atoms with Gasteiger partial charge < -0.3 is 10.7 Å². The lowest BCUT2D eigenvalue weighted by Crippen LogP contribution is -2.25. The van der Waals surface area contributed by atoms with Gasteiger partial charge in [-0.1, -0.05) is 26.7 Å². The van der Waals surface area contributed by atoms with Crippen molar-refractivity contribution in [2.24, 2.45) is 11.8 Å². The van der Waals surface area contributed by atoms with Crippen molar-refractivity contribution in [1.29, 1.82) is 0 Å². The Kier molecular flexibility index (Phi) is 6.07. The molecule has 0 unspecified atom stereocenters. The third-order valence-corrected chi connectivity index (χ3v) is 2.54. The van der Waals surface area contributed by atoms with Crippen molar-refractivity contribution in [3.8, 4) is 0 Å². The summed E-state index contributed by atoms with van der Waals surface area (Å²) in [5.41, 5.74) is 2.66. The highest BCUT2D eigenvalue weighted by Crippen LogP contribution is 2.05. The van der Waals surface area contributed by atoms with Crippen LogP contribution in [-0.4, -0.2) is 22.6 Å². The summed E-state index contributed by atoms with van der Waals surface area (Å²) in [6.07, 6.45) is 3.30. The molecule has 1 heterocycles. The van der Waals surface area contributed by atoms with Gasteiger partial charge in [0.05, 0.1) is 0 Å². The van der Waals surface area contributed by atoms with Crippen LogP contribution in [0.4, 0.5) is 5.82 Å². The minimum Gasteiger partial charge on any atom is -0.351 e. The van der Waals surface area contributed by atoms with Crippen LogP contribution in [0.2, 0.25) is 0 Å². The number of hydrogen-bond acceptors (Lipinski definition) is 5. The molecule has 1 aromatic rings. The number of unbranched alkanes of at least 4 members (excludes halogenated alkanes) is 1. The summed E-state index contributed by atoms with van der Waals surface area (Å²) in [7, 11) is 0. The SMILES string of the molecule is CC(C)CCCCNC(=O)c1ccc(NN)nn1. The van der Waals surface area contributed by atoms with Gasteiger partial charge in [-0.15, -0.1) is 10.2 Å². The molecule has 0 aliphatic rings. The predicted octanol–water partition coefficient (Wildman–Crippen LogP) is 1.32. The molecule has 0 bridgehead atoms. The first-order valence-corrected chi connectivity index (χ1v) is 6.22. The first-order valence-electron chi connectivity index (χ1n) is 6.22. The molecule has 1 amide bonds. The van der Waals surface area contributed by atoms with Crippen LogP contribution in [0.3, 0.4) is 0 Å². The fraction of sp³-hybridized carbons (Fsp3) is 0.583. The van der Waals surface area contributed by atoms with Crippen molar-refractivity contribution in [3.05, 3.63) is 17.8 Å². The van der Waals surface area contributed by atoms with Crippen molar-refractivity contribution >= 4 is 11.7 Å². The zero-order valence-electron chi connectivity index (χ0n) is 10.9. The number of carbonyl (C=O) groups is 1. The number of hydrazine groups is 1. The molecule has 1 rings (SSSR count). The molecule has 0 saturated heterocycles.